The number of carbonyl (C=O) groups excluding carboxylic acids is 3. The molecule has 3 aromatic rings. The number of hydrogen-bond acceptors (Lipinski definition) is 9. The molecule has 0 radical (unpaired) electrons. The van der Waals surface area contributed by atoms with Crippen molar-refractivity contribution in [2.45, 2.75) is 49.9 Å². The fourth-order valence-corrected chi connectivity index (χ4v) is 4.92. The molecular formula is C32H38N4O8S. The average Bonchev–Trinajstić information content (AvgIpc) is 3.01. The minimum Gasteiger partial charge on any atom is -0.508 e. The summed E-state index contributed by atoms with van der Waals surface area (Å²) in [7, 11) is 0. The van der Waals surface area contributed by atoms with Crippen LogP contribution in [0.1, 0.15) is 23.1 Å². The van der Waals surface area contributed by atoms with E-state index < -0.39 is 47.9 Å². The Hall–Kier alpha value is -4.75. The molecule has 4 atom stereocenters. The zero-order valence-corrected chi connectivity index (χ0v) is 25.5. The second-order valence-electron chi connectivity index (χ2n) is 10.5. The molecule has 0 bridgehead atoms. The lowest BCUT2D eigenvalue weighted by Gasteiger charge is -2.25. The molecule has 3 rings (SSSR count). The lowest BCUT2D eigenvalue weighted by Crippen LogP contribution is -2.58. The maximum absolute atomic E-state index is 13.6. The van der Waals surface area contributed by atoms with Gasteiger partial charge < -0.3 is 42.1 Å². The molecule has 0 heterocycles. The van der Waals surface area contributed by atoms with E-state index in [0.29, 0.717) is 22.4 Å². The fourth-order valence-electron chi connectivity index (χ4n) is 4.45. The van der Waals surface area contributed by atoms with Crippen LogP contribution in [0.25, 0.3) is 0 Å². The fraction of sp³-hybridized carbons (Fsp3) is 0.312. The van der Waals surface area contributed by atoms with E-state index in [1.807, 2.05) is 6.26 Å². The van der Waals surface area contributed by atoms with E-state index >= 15 is 0 Å². The van der Waals surface area contributed by atoms with E-state index in [9.17, 15) is 39.6 Å². The quantitative estimate of drug-likeness (QED) is 0.113. The van der Waals surface area contributed by atoms with Crippen LogP contribution >= 0.6 is 11.8 Å². The van der Waals surface area contributed by atoms with E-state index in [2.05, 4.69) is 16.0 Å². The molecule has 0 aromatic heterocycles. The molecule has 45 heavy (non-hydrogen) atoms. The molecular weight excluding hydrogens is 600 g/mol. The van der Waals surface area contributed by atoms with E-state index in [1.165, 1.54) is 48.2 Å². The second kappa shape index (κ2) is 16.9. The minimum atomic E-state index is -1.30. The van der Waals surface area contributed by atoms with E-state index in [0.717, 1.165) is 0 Å². The van der Waals surface area contributed by atoms with Gasteiger partial charge in [0.2, 0.25) is 17.7 Å². The van der Waals surface area contributed by atoms with Crippen LogP contribution < -0.4 is 21.7 Å². The Balaban J connectivity index is 1.76. The number of amides is 3. The Morgan fingerprint density at radius 3 is 1.44 bits per heavy atom. The number of nitrogens with two attached hydrogens (primary N) is 1. The predicted octanol–water partition coefficient (Wildman–Crippen LogP) is 1.45. The van der Waals surface area contributed by atoms with Gasteiger partial charge in [-0.2, -0.15) is 11.8 Å². The number of carboxylic acids is 1. The van der Waals surface area contributed by atoms with Gasteiger partial charge in [0.15, 0.2) is 0 Å². The van der Waals surface area contributed by atoms with Gasteiger partial charge in [0, 0.05) is 12.8 Å². The molecule has 0 aliphatic carbocycles. The first-order chi connectivity index (χ1) is 21.4. The summed E-state index contributed by atoms with van der Waals surface area (Å²) in [6.07, 6.45) is 2.10. The zero-order valence-electron chi connectivity index (χ0n) is 24.7. The van der Waals surface area contributed by atoms with E-state index in [1.54, 1.807) is 36.4 Å². The van der Waals surface area contributed by atoms with Crippen molar-refractivity contribution in [1.29, 1.82) is 0 Å². The summed E-state index contributed by atoms with van der Waals surface area (Å²) in [5.41, 5.74) is 8.03. The Morgan fingerprint density at radius 1 is 0.622 bits per heavy atom. The zero-order chi connectivity index (χ0) is 32.9. The van der Waals surface area contributed by atoms with E-state index in [4.69, 9.17) is 5.73 Å². The third-order valence-corrected chi connectivity index (χ3v) is 7.62. The highest BCUT2D eigenvalue weighted by Crippen LogP contribution is 2.15. The van der Waals surface area contributed by atoms with Crippen molar-refractivity contribution in [3.05, 3.63) is 89.5 Å². The molecule has 240 valence electrons. The summed E-state index contributed by atoms with van der Waals surface area (Å²) in [5, 5.41) is 46.3. The standard InChI is InChI=1S/C32H38N4O8S/c1-45-15-14-26(30(41)36-28(32(43)44)18-21-6-12-24(39)13-7-21)34-31(42)27(17-20-4-10-23(38)11-5-20)35-29(40)25(33)16-19-2-8-22(37)9-3-19/h2-13,25-28,37-39H,14-18,33H2,1H3,(H,34,42)(H,35,40)(H,36,41)(H,43,44). The summed E-state index contributed by atoms with van der Waals surface area (Å²) in [5.74, 6) is -2.70. The molecule has 9 N–H and O–H groups in total. The number of carbonyl (C=O) groups is 4. The summed E-state index contributed by atoms with van der Waals surface area (Å²) >= 11 is 1.44. The summed E-state index contributed by atoms with van der Waals surface area (Å²) < 4.78 is 0. The van der Waals surface area contributed by atoms with Gasteiger partial charge in [-0.1, -0.05) is 36.4 Å². The lowest BCUT2D eigenvalue weighted by atomic mass is 10.0. The normalized spacial score (nSPS) is 13.6. The van der Waals surface area contributed by atoms with Crippen LogP contribution in [0.15, 0.2) is 72.8 Å². The highest BCUT2D eigenvalue weighted by molar-refractivity contribution is 7.98. The predicted molar refractivity (Wildman–Crippen MR) is 170 cm³/mol. The number of carboxylic acid groups (broad SMARTS) is 1. The van der Waals surface area contributed by atoms with Crippen LogP contribution in [-0.4, -0.2) is 80.3 Å². The first-order valence-corrected chi connectivity index (χ1v) is 15.6. The van der Waals surface area contributed by atoms with Crippen LogP contribution in [0.2, 0.25) is 0 Å². The topological polar surface area (TPSA) is 211 Å². The molecule has 3 amide bonds. The molecule has 0 saturated heterocycles. The van der Waals surface area contributed by atoms with Crippen molar-refractivity contribution in [3.63, 3.8) is 0 Å². The monoisotopic (exact) mass is 638 g/mol. The van der Waals surface area contributed by atoms with Gasteiger partial charge in [-0.3, -0.25) is 14.4 Å². The van der Waals surface area contributed by atoms with Gasteiger partial charge in [0.05, 0.1) is 6.04 Å². The molecule has 3 aromatic carbocycles. The van der Waals surface area contributed by atoms with Gasteiger partial charge in [-0.25, -0.2) is 4.79 Å². The van der Waals surface area contributed by atoms with Crippen molar-refractivity contribution in [3.8, 4) is 17.2 Å². The molecule has 4 unspecified atom stereocenters. The van der Waals surface area contributed by atoms with Crippen molar-refractivity contribution >= 4 is 35.5 Å². The maximum atomic E-state index is 13.6. The number of phenols is 3. The number of rotatable bonds is 16. The number of phenolic OH excluding ortho intramolecular Hbond substituents is 3. The number of benzene rings is 3. The summed E-state index contributed by atoms with van der Waals surface area (Å²) in [6, 6.07) is 13.6. The molecule has 13 heteroatoms. The highest BCUT2D eigenvalue weighted by Gasteiger charge is 2.30. The van der Waals surface area contributed by atoms with Crippen molar-refractivity contribution in [2.75, 3.05) is 12.0 Å². The first kappa shape index (κ1) is 34.7. The van der Waals surface area contributed by atoms with Crippen LogP contribution in [0.4, 0.5) is 0 Å². The van der Waals surface area contributed by atoms with Crippen molar-refractivity contribution in [2.24, 2.45) is 5.73 Å². The molecule has 0 spiro atoms. The largest absolute Gasteiger partial charge is 0.508 e. The number of aromatic hydroxyl groups is 3. The van der Waals surface area contributed by atoms with Crippen molar-refractivity contribution < 1.29 is 39.6 Å². The minimum absolute atomic E-state index is 0.0131. The third-order valence-electron chi connectivity index (χ3n) is 6.97. The third kappa shape index (κ3) is 11.4. The first-order valence-electron chi connectivity index (χ1n) is 14.2. The van der Waals surface area contributed by atoms with Crippen LogP contribution in [0.3, 0.4) is 0 Å². The number of hydrogen-bond donors (Lipinski definition) is 8. The maximum Gasteiger partial charge on any atom is 0.326 e. The summed E-state index contributed by atoms with van der Waals surface area (Å²) in [4.78, 5) is 52.0. The SMILES string of the molecule is CSCCC(NC(=O)C(Cc1ccc(O)cc1)NC(=O)C(N)Cc1ccc(O)cc1)C(=O)NC(Cc1ccc(O)cc1)C(=O)O. The van der Waals surface area contributed by atoms with Gasteiger partial charge in [-0.05, 0) is 77.9 Å². The Labute approximate surface area is 265 Å². The molecule has 12 nitrogen and oxygen atoms in total. The lowest BCUT2D eigenvalue weighted by molar-refractivity contribution is -0.142. The number of aliphatic carboxylic acids is 1. The van der Waals surface area contributed by atoms with Gasteiger partial charge in [0.1, 0.15) is 35.4 Å². The molecule has 0 aliphatic heterocycles. The Bertz CT molecular complexity index is 1440. The average molecular weight is 639 g/mol. The van der Waals surface area contributed by atoms with Crippen LogP contribution in [0, 0.1) is 0 Å². The molecule has 0 saturated carbocycles. The number of nitrogens with one attached hydrogen (secondary N) is 3. The smallest absolute Gasteiger partial charge is 0.326 e. The van der Waals surface area contributed by atoms with Crippen LogP contribution in [-0.2, 0) is 38.4 Å². The Kier molecular flexibility index (Phi) is 13.1. The molecule has 0 aliphatic rings. The highest BCUT2D eigenvalue weighted by atomic mass is 32.2. The van der Waals surface area contributed by atoms with Crippen molar-refractivity contribution in [1.82, 2.24) is 16.0 Å². The van der Waals surface area contributed by atoms with E-state index in [-0.39, 0.29) is 42.9 Å². The van der Waals surface area contributed by atoms with Gasteiger partial charge >= 0.3 is 5.97 Å². The second-order valence-corrected chi connectivity index (χ2v) is 11.5. The van der Waals surface area contributed by atoms with Gasteiger partial charge in [0.25, 0.3) is 0 Å². The Morgan fingerprint density at radius 2 is 1.00 bits per heavy atom. The van der Waals surface area contributed by atoms with Gasteiger partial charge in [-0.15, -0.1) is 0 Å². The molecule has 0 fully saturated rings. The summed E-state index contributed by atoms with van der Waals surface area (Å²) in [6.45, 7) is 0. The van der Waals surface area contributed by atoms with Crippen LogP contribution in [0.5, 0.6) is 17.2 Å². The number of thioether (sulfide) groups is 1.